The third-order valence-corrected chi connectivity index (χ3v) is 9.04. The van der Waals surface area contributed by atoms with Crippen LogP contribution in [0.2, 0.25) is 0 Å². The van der Waals surface area contributed by atoms with Crippen LogP contribution in [0.15, 0.2) is 17.8 Å². The molecule has 0 atom stereocenters. The van der Waals surface area contributed by atoms with Crippen LogP contribution in [0.4, 0.5) is 11.6 Å². The summed E-state index contributed by atoms with van der Waals surface area (Å²) in [5.41, 5.74) is 1.69. The molecule has 3 aliphatic rings. The van der Waals surface area contributed by atoms with E-state index in [0.29, 0.717) is 34.3 Å². The normalized spacial score (nSPS) is 23.9. The smallest absolute Gasteiger partial charge is 0.254 e. The summed E-state index contributed by atoms with van der Waals surface area (Å²) in [5, 5.41) is 13.9. The van der Waals surface area contributed by atoms with Crippen LogP contribution in [0.3, 0.4) is 0 Å². The number of rotatable bonds is 10. The predicted octanol–water partition coefficient (Wildman–Crippen LogP) is 2.92. The number of fused-ring (bicyclic) bond motifs is 1. The van der Waals surface area contributed by atoms with E-state index < -0.39 is 9.84 Å². The molecule has 5 rings (SSSR count). The highest BCUT2D eigenvalue weighted by Gasteiger charge is 2.28. The molecule has 36 heavy (non-hydrogen) atoms. The van der Waals surface area contributed by atoms with Gasteiger partial charge in [-0.2, -0.15) is 9.61 Å². The minimum Gasteiger partial charge on any atom is -0.367 e. The zero-order valence-electron chi connectivity index (χ0n) is 20.6. The molecule has 0 bridgehead atoms. The summed E-state index contributed by atoms with van der Waals surface area (Å²) >= 11 is 0. The Balaban J connectivity index is 1.31. The van der Waals surface area contributed by atoms with Gasteiger partial charge in [0, 0.05) is 29.3 Å². The van der Waals surface area contributed by atoms with Crippen molar-refractivity contribution in [3.8, 4) is 0 Å². The molecule has 0 radical (unpaired) electrons. The topological polar surface area (TPSA) is 135 Å². The highest BCUT2D eigenvalue weighted by molar-refractivity contribution is 7.91. The first-order chi connectivity index (χ1) is 17.3. The second kappa shape index (κ2) is 10.2. The van der Waals surface area contributed by atoms with Gasteiger partial charge in [-0.05, 0) is 56.9 Å². The number of nitrogens with zero attached hydrogens (tertiary/aromatic N) is 3. The second-order valence-electron chi connectivity index (χ2n) is 10.3. The fraction of sp³-hybridized carbons (Fsp3) is 0.600. The van der Waals surface area contributed by atoms with Gasteiger partial charge in [0.15, 0.2) is 15.5 Å². The lowest BCUT2D eigenvalue weighted by Gasteiger charge is -2.29. The van der Waals surface area contributed by atoms with Gasteiger partial charge in [-0.1, -0.05) is 13.3 Å². The van der Waals surface area contributed by atoms with E-state index in [0.717, 1.165) is 63.0 Å². The van der Waals surface area contributed by atoms with Crippen LogP contribution in [0.25, 0.3) is 11.7 Å². The summed E-state index contributed by atoms with van der Waals surface area (Å²) in [5.74, 6) is 1.68. The molecule has 2 saturated carbocycles. The average Bonchev–Trinajstić information content (AvgIpc) is 3.47. The van der Waals surface area contributed by atoms with Crippen molar-refractivity contribution in [3.63, 3.8) is 0 Å². The monoisotopic (exact) mass is 514 g/mol. The minimum atomic E-state index is -2.98. The highest BCUT2D eigenvalue weighted by atomic mass is 32.2. The lowest BCUT2D eigenvalue weighted by Crippen LogP contribution is -2.30. The number of carbonyl (C=O) groups is 2. The summed E-state index contributed by atoms with van der Waals surface area (Å²) < 4.78 is 26.5. The first-order valence-corrected chi connectivity index (χ1v) is 14.8. The van der Waals surface area contributed by atoms with Crippen molar-refractivity contribution >= 4 is 45.0 Å². The van der Waals surface area contributed by atoms with Crippen molar-refractivity contribution in [3.05, 3.63) is 23.4 Å². The quantitative estimate of drug-likeness (QED) is 0.325. The zero-order valence-corrected chi connectivity index (χ0v) is 21.4. The number of anilines is 2. The SMILES string of the molecule is CCCCS(=O)(=O)CC1CCC(Nc2cc(NC3CC3)n3ncc(/C=C4\CC(=O)NC4=O)c3n2)CC1. The van der Waals surface area contributed by atoms with Gasteiger partial charge in [0.1, 0.15) is 11.6 Å². The maximum atomic E-state index is 12.4. The van der Waals surface area contributed by atoms with Gasteiger partial charge in [0.25, 0.3) is 5.91 Å². The Morgan fingerprint density at radius 2 is 1.83 bits per heavy atom. The second-order valence-corrected chi connectivity index (χ2v) is 12.6. The van der Waals surface area contributed by atoms with Crippen molar-refractivity contribution in [2.45, 2.75) is 76.8 Å². The Bertz CT molecular complexity index is 1290. The zero-order chi connectivity index (χ0) is 25.3. The van der Waals surface area contributed by atoms with E-state index in [9.17, 15) is 18.0 Å². The molecule has 11 heteroatoms. The first-order valence-electron chi connectivity index (χ1n) is 13.0. The number of hydrogen-bond acceptors (Lipinski definition) is 8. The Hall–Kier alpha value is -2.95. The Morgan fingerprint density at radius 1 is 1.11 bits per heavy atom. The molecule has 10 nitrogen and oxygen atoms in total. The number of imide groups is 1. The Kier molecular flexibility index (Phi) is 7.00. The standard InChI is InChI=1S/C25H34N6O4S/c1-2-3-10-36(34,35)15-16-4-6-19(7-5-16)27-21-13-22(28-20-8-9-20)31-24(29-21)18(14-26-31)11-17-12-23(32)30-25(17)33/h11,13-14,16,19-20,28H,2-10,12,15H2,1H3,(H,27,29)(H,30,32,33)/b17-11+. The maximum absolute atomic E-state index is 12.4. The lowest BCUT2D eigenvalue weighted by atomic mass is 9.87. The van der Waals surface area contributed by atoms with Gasteiger partial charge in [-0.3, -0.25) is 14.9 Å². The summed E-state index contributed by atoms with van der Waals surface area (Å²) in [6.45, 7) is 2.01. The van der Waals surface area contributed by atoms with Crippen LogP contribution in [-0.2, 0) is 19.4 Å². The van der Waals surface area contributed by atoms with Gasteiger partial charge in [-0.15, -0.1) is 0 Å². The molecule has 3 heterocycles. The maximum Gasteiger partial charge on any atom is 0.254 e. The average molecular weight is 515 g/mol. The van der Waals surface area contributed by atoms with Gasteiger partial charge in [0.05, 0.1) is 24.1 Å². The molecule has 2 aromatic heterocycles. The van der Waals surface area contributed by atoms with E-state index in [1.54, 1.807) is 16.8 Å². The number of sulfone groups is 1. The van der Waals surface area contributed by atoms with Gasteiger partial charge >= 0.3 is 0 Å². The largest absolute Gasteiger partial charge is 0.367 e. The minimum absolute atomic E-state index is 0.0543. The molecule has 1 aliphatic heterocycles. The van der Waals surface area contributed by atoms with Crippen molar-refractivity contribution < 1.29 is 18.0 Å². The Morgan fingerprint density at radius 3 is 2.50 bits per heavy atom. The molecular formula is C25H34N6O4S. The van der Waals surface area contributed by atoms with Crippen LogP contribution in [-0.4, -0.2) is 58.4 Å². The molecule has 3 fully saturated rings. The van der Waals surface area contributed by atoms with Gasteiger partial charge in [-0.25, -0.2) is 13.4 Å². The van der Waals surface area contributed by atoms with Crippen molar-refractivity contribution in [1.29, 1.82) is 0 Å². The van der Waals surface area contributed by atoms with Crippen LogP contribution >= 0.6 is 0 Å². The molecule has 0 spiro atoms. The molecule has 0 aromatic carbocycles. The van der Waals surface area contributed by atoms with E-state index in [4.69, 9.17) is 4.98 Å². The molecule has 2 aliphatic carbocycles. The molecule has 194 valence electrons. The van der Waals surface area contributed by atoms with Gasteiger partial charge in [0.2, 0.25) is 5.91 Å². The number of aromatic nitrogens is 3. The summed E-state index contributed by atoms with van der Waals surface area (Å²) in [4.78, 5) is 28.5. The van der Waals surface area contributed by atoms with Crippen LogP contribution in [0.5, 0.6) is 0 Å². The fourth-order valence-electron chi connectivity index (χ4n) is 4.99. The fourth-order valence-corrected chi connectivity index (χ4v) is 6.94. The number of hydrogen-bond donors (Lipinski definition) is 3. The molecule has 0 unspecified atom stereocenters. The van der Waals surface area contributed by atoms with Gasteiger partial charge < -0.3 is 10.6 Å². The van der Waals surface area contributed by atoms with Crippen LogP contribution < -0.4 is 16.0 Å². The molecule has 3 N–H and O–H groups in total. The molecular weight excluding hydrogens is 480 g/mol. The van der Waals surface area contributed by atoms with E-state index in [1.165, 1.54) is 0 Å². The summed E-state index contributed by atoms with van der Waals surface area (Å²) in [7, 11) is -2.98. The Labute approximate surface area is 211 Å². The number of unbranched alkanes of at least 4 members (excludes halogenated alkanes) is 1. The van der Waals surface area contributed by atoms with E-state index >= 15 is 0 Å². The number of amides is 2. The molecule has 2 amide bonds. The van der Waals surface area contributed by atoms with E-state index in [-0.39, 0.29) is 30.2 Å². The summed E-state index contributed by atoms with van der Waals surface area (Å²) in [6.07, 6.45) is 10.8. The van der Waals surface area contributed by atoms with Crippen LogP contribution in [0.1, 0.15) is 70.3 Å². The predicted molar refractivity (Wildman–Crippen MR) is 138 cm³/mol. The van der Waals surface area contributed by atoms with Crippen molar-refractivity contribution in [2.24, 2.45) is 5.92 Å². The van der Waals surface area contributed by atoms with Crippen LogP contribution in [0, 0.1) is 5.92 Å². The lowest BCUT2D eigenvalue weighted by molar-refractivity contribution is -0.124. The highest BCUT2D eigenvalue weighted by Crippen LogP contribution is 2.31. The van der Waals surface area contributed by atoms with Crippen molar-refractivity contribution in [2.75, 3.05) is 22.1 Å². The van der Waals surface area contributed by atoms with E-state index in [2.05, 4.69) is 21.0 Å². The van der Waals surface area contributed by atoms with E-state index in [1.807, 2.05) is 13.0 Å². The number of carbonyl (C=O) groups excluding carboxylic acids is 2. The molecule has 1 saturated heterocycles. The number of nitrogens with one attached hydrogen (secondary N) is 3. The summed E-state index contributed by atoms with van der Waals surface area (Å²) in [6, 6.07) is 2.59. The van der Waals surface area contributed by atoms with Crippen molar-refractivity contribution in [1.82, 2.24) is 19.9 Å². The third kappa shape index (κ3) is 5.88. The third-order valence-electron chi connectivity index (χ3n) is 7.15. The first kappa shape index (κ1) is 24.7. The molecule has 2 aromatic rings.